The molecule has 1 aliphatic heterocycles. The number of hydrogen-bond donors (Lipinski definition) is 2. The summed E-state index contributed by atoms with van der Waals surface area (Å²) < 4.78 is 0. The molecule has 0 saturated heterocycles. The van der Waals surface area contributed by atoms with E-state index in [1.165, 1.54) is 0 Å². The molecule has 3 nitrogen and oxygen atoms in total. The van der Waals surface area contributed by atoms with Crippen molar-refractivity contribution in [3.63, 3.8) is 0 Å². The van der Waals surface area contributed by atoms with Gasteiger partial charge >= 0.3 is 0 Å². The average molecular weight is 173 g/mol. The maximum absolute atomic E-state index is 5.68. The van der Waals surface area contributed by atoms with E-state index in [1.807, 2.05) is 18.2 Å². The number of fused-ring (bicyclic) bond motifs is 1. The number of nitrogen functional groups attached to an aromatic ring is 1. The lowest BCUT2D eigenvalue weighted by atomic mass is 10.2. The number of rotatable bonds is 1. The molecule has 1 aliphatic rings. The van der Waals surface area contributed by atoms with E-state index in [1.54, 1.807) is 0 Å². The minimum atomic E-state index is 0.615. The first kappa shape index (κ1) is 7.81. The standard InChI is InChI=1S/C10H11N3/c1-2-5-13-7-12-9-4-3-8(11)6-10(9)13/h1,3-4,6,12H,5,7,11H2. The van der Waals surface area contributed by atoms with Gasteiger partial charge < -0.3 is 16.0 Å². The van der Waals surface area contributed by atoms with Crippen LogP contribution in [0.1, 0.15) is 0 Å². The molecule has 1 aromatic carbocycles. The second-order valence-corrected chi connectivity index (χ2v) is 3.01. The normalized spacial score (nSPS) is 13.3. The zero-order valence-corrected chi connectivity index (χ0v) is 7.25. The van der Waals surface area contributed by atoms with Crippen molar-refractivity contribution < 1.29 is 0 Å². The zero-order chi connectivity index (χ0) is 9.26. The van der Waals surface area contributed by atoms with Crippen LogP contribution in [0.4, 0.5) is 17.1 Å². The van der Waals surface area contributed by atoms with Crippen LogP contribution in [0.3, 0.4) is 0 Å². The highest BCUT2D eigenvalue weighted by molar-refractivity contribution is 5.78. The highest BCUT2D eigenvalue weighted by Gasteiger charge is 2.16. The predicted octanol–water partition coefficient (Wildman–Crippen LogP) is 1.09. The van der Waals surface area contributed by atoms with Gasteiger partial charge in [-0.25, -0.2) is 0 Å². The molecule has 0 aromatic heterocycles. The topological polar surface area (TPSA) is 41.3 Å². The van der Waals surface area contributed by atoms with Crippen LogP contribution in [-0.2, 0) is 0 Å². The summed E-state index contributed by atoms with van der Waals surface area (Å²) in [5.41, 5.74) is 8.65. The molecule has 3 N–H and O–H groups in total. The molecule has 1 aromatic rings. The zero-order valence-electron chi connectivity index (χ0n) is 7.25. The van der Waals surface area contributed by atoms with E-state index >= 15 is 0 Å². The van der Waals surface area contributed by atoms with Crippen molar-refractivity contribution in [2.24, 2.45) is 0 Å². The lowest BCUT2D eigenvalue weighted by Crippen LogP contribution is -2.22. The lowest BCUT2D eigenvalue weighted by Gasteiger charge is -2.13. The molecular weight excluding hydrogens is 162 g/mol. The Morgan fingerprint density at radius 3 is 3.23 bits per heavy atom. The third-order valence-electron chi connectivity index (χ3n) is 2.10. The molecule has 0 amide bonds. The highest BCUT2D eigenvalue weighted by Crippen LogP contribution is 2.32. The molecule has 0 atom stereocenters. The molecule has 0 fully saturated rings. The SMILES string of the molecule is C#CCN1CNc2ccc(N)cc21. The second kappa shape index (κ2) is 2.91. The van der Waals surface area contributed by atoms with Gasteiger partial charge in [0.05, 0.1) is 24.6 Å². The Labute approximate surface area is 77.5 Å². The maximum atomic E-state index is 5.68. The van der Waals surface area contributed by atoms with Crippen LogP contribution in [0.25, 0.3) is 0 Å². The molecule has 0 radical (unpaired) electrons. The van der Waals surface area contributed by atoms with Gasteiger partial charge in [0.1, 0.15) is 0 Å². The minimum absolute atomic E-state index is 0.615. The number of hydrogen-bond acceptors (Lipinski definition) is 3. The number of nitrogens with two attached hydrogens (primary N) is 1. The Bertz CT molecular complexity index is 365. The third-order valence-corrected chi connectivity index (χ3v) is 2.10. The summed E-state index contributed by atoms with van der Waals surface area (Å²) in [5.74, 6) is 2.62. The van der Waals surface area contributed by atoms with Crippen molar-refractivity contribution in [3.8, 4) is 12.3 Å². The van der Waals surface area contributed by atoms with Gasteiger partial charge in [0.15, 0.2) is 0 Å². The molecule has 0 spiro atoms. The molecule has 2 rings (SSSR count). The molecule has 3 heteroatoms. The van der Waals surface area contributed by atoms with E-state index in [2.05, 4.69) is 16.1 Å². The minimum Gasteiger partial charge on any atom is -0.399 e. The highest BCUT2D eigenvalue weighted by atomic mass is 15.3. The Balaban J connectivity index is 2.36. The van der Waals surface area contributed by atoms with E-state index in [9.17, 15) is 0 Å². The van der Waals surface area contributed by atoms with Gasteiger partial charge in [-0.15, -0.1) is 6.42 Å². The third kappa shape index (κ3) is 1.27. The summed E-state index contributed by atoms with van der Waals surface area (Å²) in [6.07, 6.45) is 5.25. The fraction of sp³-hybridized carbons (Fsp3) is 0.200. The van der Waals surface area contributed by atoms with Crippen LogP contribution in [0.2, 0.25) is 0 Å². The van der Waals surface area contributed by atoms with E-state index in [-0.39, 0.29) is 0 Å². The van der Waals surface area contributed by atoms with Crippen LogP contribution in [0.15, 0.2) is 18.2 Å². The Morgan fingerprint density at radius 2 is 2.46 bits per heavy atom. The first-order valence-corrected chi connectivity index (χ1v) is 4.13. The Hall–Kier alpha value is -1.82. The van der Waals surface area contributed by atoms with Crippen LogP contribution >= 0.6 is 0 Å². The molecule has 1 heterocycles. The fourth-order valence-corrected chi connectivity index (χ4v) is 1.48. The van der Waals surface area contributed by atoms with Crippen molar-refractivity contribution in [1.82, 2.24) is 0 Å². The number of nitrogens with zero attached hydrogens (tertiary/aromatic N) is 1. The fourth-order valence-electron chi connectivity index (χ4n) is 1.48. The van der Waals surface area contributed by atoms with Crippen LogP contribution < -0.4 is 16.0 Å². The van der Waals surface area contributed by atoms with Gasteiger partial charge in [0.25, 0.3) is 0 Å². The molecule has 66 valence electrons. The summed E-state index contributed by atoms with van der Waals surface area (Å²) in [4.78, 5) is 2.08. The first-order chi connectivity index (χ1) is 6.31. The van der Waals surface area contributed by atoms with E-state index < -0.39 is 0 Å². The van der Waals surface area contributed by atoms with Gasteiger partial charge in [-0.1, -0.05) is 5.92 Å². The molecule has 0 aliphatic carbocycles. The summed E-state index contributed by atoms with van der Waals surface area (Å²) in [7, 11) is 0. The smallest absolute Gasteiger partial charge is 0.0887 e. The van der Waals surface area contributed by atoms with Crippen LogP contribution in [0.5, 0.6) is 0 Å². The van der Waals surface area contributed by atoms with Gasteiger partial charge in [0, 0.05) is 5.69 Å². The van der Waals surface area contributed by atoms with Crippen molar-refractivity contribution in [3.05, 3.63) is 18.2 Å². The van der Waals surface area contributed by atoms with Crippen molar-refractivity contribution in [2.75, 3.05) is 29.2 Å². The van der Waals surface area contributed by atoms with E-state index in [4.69, 9.17) is 12.2 Å². The van der Waals surface area contributed by atoms with Crippen molar-refractivity contribution in [2.45, 2.75) is 0 Å². The van der Waals surface area contributed by atoms with Gasteiger partial charge in [-0.3, -0.25) is 0 Å². The molecular formula is C10H11N3. The van der Waals surface area contributed by atoms with Crippen LogP contribution in [-0.4, -0.2) is 13.2 Å². The summed E-state index contributed by atoms with van der Waals surface area (Å²) in [6.45, 7) is 1.38. The number of nitrogens with one attached hydrogen (secondary N) is 1. The number of anilines is 3. The van der Waals surface area contributed by atoms with Gasteiger partial charge in [0.2, 0.25) is 0 Å². The first-order valence-electron chi connectivity index (χ1n) is 4.13. The summed E-state index contributed by atoms with van der Waals surface area (Å²) in [5, 5.41) is 3.24. The number of benzene rings is 1. The van der Waals surface area contributed by atoms with Crippen molar-refractivity contribution in [1.29, 1.82) is 0 Å². The maximum Gasteiger partial charge on any atom is 0.0887 e. The lowest BCUT2D eigenvalue weighted by molar-refractivity contribution is 0.975. The molecule has 13 heavy (non-hydrogen) atoms. The average Bonchev–Trinajstić information content (AvgIpc) is 2.49. The monoisotopic (exact) mass is 173 g/mol. The largest absolute Gasteiger partial charge is 0.399 e. The summed E-state index contributed by atoms with van der Waals surface area (Å²) in [6, 6.07) is 5.79. The van der Waals surface area contributed by atoms with E-state index in [0.717, 1.165) is 23.7 Å². The quantitative estimate of drug-likeness (QED) is 0.493. The molecule has 0 saturated carbocycles. The van der Waals surface area contributed by atoms with Crippen molar-refractivity contribution >= 4 is 17.1 Å². The number of terminal acetylenes is 1. The Kier molecular flexibility index (Phi) is 1.75. The Morgan fingerprint density at radius 1 is 1.62 bits per heavy atom. The molecule has 0 bridgehead atoms. The second-order valence-electron chi connectivity index (χ2n) is 3.01. The van der Waals surface area contributed by atoms with E-state index in [0.29, 0.717) is 6.54 Å². The van der Waals surface area contributed by atoms with Gasteiger partial charge in [-0.05, 0) is 18.2 Å². The van der Waals surface area contributed by atoms with Gasteiger partial charge in [-0.2, -0.15) is 0 Å². The molecule has 0 unspecified atom stereocenters. The van der Waals surface area contributed by atoms with Crippen LogP contribution in [0, 0.1) is 12.3 Å². The summed E-state index contributed by atoms with van der Waals surface area (Å²) >= 11 is 0. The predicted molar refractivity (Wildman–Crippen MR) is 55.5 cm³/mol.